The maximum Gasteiger partial charge on any atom is 0.202 e. The van der Waals surface area contributed by atoms with Gasteiger partial charge in [-0.3, -0.25) is 0 Å². The number of rotatable bonds is 0. The lowest BCUT2D eigenvalue weighted by molar-refractivity contribution is 0.387. The minimum Gasteiger partial charge on any atom is -0.136 e. The second-order valence-electron chi connectivity index (χ2n) is 6.78. The van der Waals surface area contributed by atoms with Crippen LogP contribution in [0, 0.1) is 10.8 Å². The molecule has 2 rings (SSSR count). The first-order valence-electron chi connectivity index (χ1n) is 6.77. The molecule has 2 aliphatic rings. The Kier molecular flexibility index (Phi) is 4.87. The quantitative estimate of drug-likeness (QED) is 0.353. The lowest BCUT2D eigenvalue weighted by Crippen LogP contribution is -2.37. The van der Waals surface area contributed by atoms with Crippen molar-refractivity contribution in [2.75, 3.05) is 5.75 Å². The summed E-state index contributed by atoms with van der Waals surface area (Å²) in [6, 6.07) is 0. The summed E-state index contributed by atoms with van der Waals surface area (Å²) in [5.41, 5.74) is -0.213. The Labute approximate surface area is 146 Å². The summed E-state index contributed by atoms with van der Waals surface area (Å²) in [5.74, 6) is 1.17. The number of halogens is 3. The van der Waals surface area contributed by atoms with Crippen LogP contribution in [0.3, 0.4) is 0 Å². The first-order chi connectivity index (χ1) is 8.98. The summed E-state index contributed by atoms with van der Waals surface area (Å²) in [5, 5.41) is 0.648. The number of thioether (sulfide) groups is 2. The Bertz CT molecular complexity index is 415. The molecular weight excluding hydrogens is 351 g/mol. The Balaban J connectivity index is 2.20. The minimum absolute atomic E-state index is 0.00558. The van der Waals surface area contributed by atoms with Crippen LogP contribution in [0.5, 0.6) is 0 Å². The lowest BCUT2D eigenvalue weighted by Gasteiger charge is -2.44. The summed E-state index contributed by atoms with van der Waals surface area (Å²) in [6.07, 6.45) is 9.82. The average molecular weight is 372 g/mol. The molecule has 5 heteroatoms. The summed E-state index contributed by atoms with van der Waals surface area (Å²) in [4.78, 5) is 0. The van der Waals surface area contributed by atoms with Crippen molar-refractivity contribution >= 4 is 58.3 Å². The third-order valence-corrected chi connectivity index (χ3v) is 8.83. The summed E-state index contributed by atoms with van der Waals surface area (Å²) in [7, 11) is 0. The number of alkyl halides is 3. The van der Waals surface area contributed by atoms with Crippen LogP contribution in [0.1, 0.15) is 34.1 Å². The van der Waals surface area contributed by atoms with Crippen LogP contribution in [0.25, 0.3) is 0 Å². The Morgan fingerprint density at radius 2 is 1.60 bits per heavy atom. The maximum atomic E-state index is 6.10. The highest BCUT2D eigenvalue weighted by molar-refractivity contribution is 8.19. The van der Waals surface area contributed by atoms with E-state index in [0.717, 1.165) is 0 Å². The van der Waals surface area contributed by atoms with Crippen molar-refractivity contribution in [1.29, 1.82) is 0 Å². The van der Waals surface area contributed by atoms with Crippen LogP contribution in [-0.2, 0) is 0 Å². The molecule has 0 bridgehead atoms. The van der Waals surface area contributed by atoms with E-state index in [1.807, 2.05) is 30.4 Å². The van der Waals surface area contributed by atoms with Crippen molar-refractivity contribution in [3.63, 3.8) is 0 Å². The molecule has 0 radical (unpaired) electrons. The molecule has 1 atom stereocenters. The highest BCUT2D eigenvalue weighted by atomic mass is 35.6. The van der Waals surface area contributed by atoms with Gasteiger partial charge in [0.25, 0.3) is 0 Å². The second-order valence-corrected chi connectivity index (χ2v) is 12.2. The molecule has 0 N–H and O–H groups in total. The predicted molar refractivity (Wildman–Crippen MR) is 97.3 cm³/mol. The Hall–Kier alpha value is 1.05. The fourth-order valence-corrected chi connectivity index (χ4v) is 6.03. The van der Waals surface area contributed by atoms with E-state index in [1.54, 1.807) is 0 Å². The fraction of sp³-hybridized carbons (Fsp3) is 0.733. The predicted octanol–water partition coefficient (Wildman–Crippen LogP) is 6.47. The van der Waals surface area contributed by atoms with Crippen molar-refractivity contribution in [3.8, 4) is 0 Å². The van der Waals surface area contributed by atoms with Gasteiger partial charge in [0, 0.05) is 5.25 Å². The summed E-state index contributed by atoms with van der Waals surface area (Å²) < 4.78 is -1.30. The van der Waals surface area contributed by atoms with Crippen molar-refractivity contribution in [1.82, 2.24) is 0 Å². The van der Waals surface area contributed by atoms with Crippen LogP contribution >= 0.6 is 58.3 Å². The largest absolute Gasteiger partial charge is 0.202 e. The molecule has 1 spiro atoms. The van der Waals surface area contributed by atoms with Gasteiger partial charge in [-0.25, -0.2) is 0 Å². The Morgan fingerprint density at radius 1 is 1.05 bits per heavy atom. The molecule has 0 aromatic heterocycles. The monoisotopic (exact) mass is 370 g/mol. The zero-order valence-corrected chi connectivity index (χ0v) is 16.2. The van der Waals surface area contributed by atoms with Crippen molar-refractivity contribution in [3.05, 3.63) is 24.3 Å². The van der Waals surface area contributed by atoms with E-state index in [2.05, 4.69) is 45.1 Å². The highest BCUT2D eigenvalue weighted by Crippen LogP contribution is 2.57. The molecule has 0 saturated carbocycles. The lowest BCUT2D eigenvalue weighted by atomic mass is 9.87. The summed E-state index contributed by atoms with van der Waals surface area (Å²) >= 11 is 22.3. The van der Waals surface area contributed by atoms with Gasteiger partial charge in [0.2, 0.25) is 3.79 Å². The molecule has 1 aliphatic heterocycles. The minimum atomic E-state index is -1.31. The molecule has 1 fully saturated rings. The molecule has 1 aliphatic carbocycles. The number of hydrogen-bond acceptors (Lipinski definition) is 2. The van der Waals surface area contributed by atoms with Gasteiger partial charge >= 0.3 is 0 Å². The van der Waals surface area contributed by atoms with E-state index >= 15 is 0 Å². The molecule has 114 valence electrons. The van der Waals surface area contributed by atoms with Gasteiger partial charge < -0.3 is 0 Å². The molecule has 0 amide bonds. The van der Waals surface area contributed by atoms with Crippen LogP contribution in [0.2, 0.25) is 0 Å². The van der Waals surface area contributed by atoms with Crippen molar-refractivity contribution in [2.45, 2.75) is 47.2 Å². The summed E-state index contributed by atoms with van der Waals surface area (Å²) in [6.45, 7) is 8.90. The molecule has 0 aromatic carbocycles. The number of allylic oxidation sites excluding steroid dienone is 2. The maximum absolute atomic E-state index is 6.10. The Morgan fingerprint density at radius 3 is 2.05 bits per heavy atom. The normalized spacial score (nSPS) is 38.5. The third kappa shape index (κ3) is 3.51. The molecule has 0 nitrogen and oxygen atoms in total. The van der Waals surface area contributed by atoms with E-state index in [4.69, 9.17) is 34.8 Å². The first-order valence-corrected chi connectivity index (χ1v) is 9.77. The van der Waals surface area contributed by atoms with Crippen LogP contribution in [-0.4, -0.2) is 18.9 Å². The van der Waals surface area contributed by atoms with Gasteiger partial charge in [0.05, 0.1) is 9.49 Å². The first kappa shape index (κ1) is 17.4. The molecule has 20 heavy (non-hydrogen) atoms. The third-order valence-electron chi connectivity index (χ3n) is 3.93. The van der Waals surface area contributed by atoms with Crippen LogP contribution < -0.4 is 0 Å². The van der Waals surface area contributed by atoms with Gasteiger partial charge in [-0.1, -0.05) is 79.9 Å². The van der Waals surface area contributed by atoms with E-state index in [0.29, 0.717) is 10.7 Å². The van der Waals surface area contributed by atoms with E-state index in [9.17, 15) is 0 Å². The zero-order valence-electron chi connectivity index (χ0n) is 12.3. The zero-order chi connectivity index (χ0) is 15.2. The topological polar surface area (TPSA) is 0 Å². The van der Waals surface area contributed by atoms with Gasteiger partial charge in [-0.2, -0.15) is 0 Å². The van der Waals surface area contributed by atoms with Crippen molar-refractivity contribution < 1.29 is 0 Å². The molecule has 1 heterocycles. The van der Waals surface area contributed by atoms with E-state index < -0.39 is 9.21 Å². The van der Waals surface area contributed by atoms with E-state index in [-0.39, 0.29) is 4.08 Å². The van der Waals surface area contributed by atoms with E-state index in [1.165, 1.54) is 12.2 Å². The standard InChI is InChI=1S/C15H21Cl3S2/c1-12(2,3)11-5-10-19-14(20-11)8-6-13(4,7-9-14)15(16,17)18/h6-9,11H,5,10H2,1-4H3. The van der Waals surface area contributed by atoms with Gasteiger partial charge in [0.15, 0.2) is 0 Å². The fourth-order valence-electron chi connectivity index (χ4n) is 2.30. The van der Waals surface area contributed by atoms with Crippen LogP contribution in [0.15, 0.2) is 24.3 Å². The van der Waals surface area contributed by atoms with Gasteiger partial charge in [-0.15, -0.1) is 23.5 Å². The van der Waals surface area contributed by atoms with Gasteiger partial charge in [0.1, 0.15) is 0 Å². The molecule has 1 unspecified atom stereocenters. The van der Waals surface area contributed by atoms with Gasteiger partial charge in [-0.05, 0) is 24.5 Å². The molecular formula is C15H21Cl3S2. The molecule has 0 aromatic rings. The SMILES string of the molecule is CC(C)(C)C1CCSC2(C=CC(C)(C(Cl)(Cl)Cl)C=C2)S1. The smallest absolute Gasteiger partial charge is 0.136 e. The van der Waals surface area contributed by atoms with Crippen LogP contribution in [0.4, 0.5) is 0 Å². The average Bonchev–Trinajstić information content (AvgIpc) is 2.31. The second kappa shape index (κ2) is 5.60. The number of hydrogen-bond donors (Lipinski definition) is 0. The van der Waals surface area contributed by atoms with Crippen molar-refractivity contribution in [2.24, 2.45) is 10.8 Å². The highest BCUT2D eigenvalue weighted by Gasteiger charge is 2.46. The molecule has 1 saturated heterocycles.